The van der Waals surface area contributed by atoms with Gasteiger partial charge >= 0.3 is 6.18 Å². The lowest BCUT2D eigenvalue weighted by molar-refractivity contribution is -0.183. The number of nitrogens with one attached hydrogen (secondary N) is 1. The summed E-state index contributed by atoms with van der Waals surface area (Å²) < 4.78 is 47.9. The van der Waals surface area contributed by atoms with Crippen LogP contribution in [0.3, 0.4) is 0 Å². The van der Waals surface area contributed by atoms with E-state index in [1.807, 2.05) is 0 Å². The number of hydrogen-bond donors (Lipinski definition) is 1. The number of hydrogen-bond acceptors (Lipinski definition) is 1. The second-order valence-electron chi connectivity index (χ2n) is 5.23. The monoisotopic (exact) mass is 273 g/mol. The zero-order valence-electron chi connectivity index (χ0n) is 10.3. The van der Waals surface area contributed by atoms with Gasteiger partial charge in [-0.1, -0.05) is 25.7 Å². The first-order valence-corrected chi connectivity index (χ1v) is 9.20. The smallest absolute Gasteiger partial charge is 0.356 e. The van der Waals surface area contributed by atoms with Gasteiger partial charge in [0.25, 0.3) is 0 Å². The molecule has 0 saturated heterocycles. The summed E-state index contributed by atoms with van der Waals surface area (Å²) in [5.74, 6) is -0.884. The normalized spacial score (nSPS) is 14.5. The summed E-state index contributed by atoms with van der Waals surface area (Å²) in [6.07, 6.45) is -8.43. The molecule has 2 nitrogen and oxygen atoms in total. The molecule has 0 fully saturated rings. The maximum Gasteiger partial charge on any atom is 0.420 e. The van der Waals surface area contributed by atoms with E-state index < -0.39 is 32.7 Å². The molecule has 0 radical (unpaired) electrons. The van der Waals surface area contributed by atoms with Crippen LogP contribution in [0.25, 0.3) is 0 Å². The van der Waals surface area contributed by atoms with E-state index in [0.717, 1.165) is 12.5 Å². The predicted molar refractivity (Wildman–Crippen MR) is 61.3 cm³/mol. The molecule has 0 aliphatic carbocycles. The average molecular weight is 273 g/mol. The maximum atomic E-state index is 12.5. The molecule has 0 saturated carbocycles. The Morgan fingerprint density at radius 3 is 2.24 bits per heavy atom. The van der Waals surface area contributed by atoms with Crippen LogP contribution in [0.2, 0.25) is 25.7 Å². The molecule has 0 aromatic rings. The number of amides is 1. The SMILES string of the molecule is C[Si](C)(C)CCCNC(=O)CC(F)C(F)(F)F. The predicted octanol–water partition coefficient (Wildman–Crippen LogP) is 3.12. The highest BCUT2D eigenvalue weighted by molar-refractivity contribution is 6.76. The van der Waals surface area contributed by atoms with Gasteiger partial charge in [0.2, 0.25) is 12.1 Å². The van der Waals surface area contributed by atoms with Crippen molar-refractivity contribution in [2.24, 2.45) is 0 Å². The van der Waals surface area contributed by atoms with E-state index in [-0.39, 0.29) is 0 Å². The average Bonchev–Trinajstić information content (AvgIpc) is 2.09. The number of carbonyl (C=O) groups excluding carboxylic acids is 1. The third kappa shape index (κ3) is 9.14. The fourth-order valence-corrected chi connectivity index (χ4v) is 2.43. The van der Waals surface area contributed by atoms with Crippen molar-refractivity contribution in [3.63, 3.8) is 0 Å². The lowest BCUT2D eigenvalue weighted by Crippen LogP contribution is -2.33. The van der Waals surface area contributed by atoms with Crippen LogP contribution in [0.4, 0.5) is 17.6 Å². The van der Waals surface area contributed by atoms with Crippen molar-refractivity contribution in [3.8, 4) is 0 Å². The van der Waals surface area contributed by atoms with E-state index in [2.05, 4.69) is 25.0 Å². The van der Waals surface area contributed by atoms with Gasteiger partial charge in [0.05, 0.1) is 6.42 Å². The Bertz CT molecular complexity index is 250. The van der Waals surface area contributed by atoms with E-state index in [0.29, 0.717) is 6.54 Å². The molecular formula is C10H19F4NOSi. The molecule has 0 bridgehead atoms. The number of carbonyl (C=O) groups is 1. The van der Waals surface area contributed by atoms with Crippen LogP contribution in [0.15, 0.2) is 0 Å². The second kappa shape index (κ2) is 6.37. The van der Waals surface area contributed by atoms with Crippen LogP contribution in [0, 0.1) is 0 Å². The zero-order valence-corrected chi connectivity index (χ0v) is 11.3. The summed E-state index contributed by atoms with van der Waals surface area (Å²) >= 11 is 0. The summed E-state index contributed by atoms with van der Waals surface area (Å²) in [6.45, 7) is 6.80. The molecule has 0 heterocycles. The lowest BCUT2D eigenvalue weighted by atomic mass is 10.2. The van der Waals surface area contributed by atoms with Gasteiger partial charge in [0.15, 0.2) is 0 Å². The molecule has 1 amide bonds. The van der Waals surface area contributed by atoms with Crippen LogP contribution in [-0.4, -0.2) is 32.9 Å². The van der Waals surface area contributed by atoms with Gasteiger partial charge in [-0.25, -0.2) is 4.39 Å². The summed E-state index contributed by atoms with van der Waals surface area (Å²) in [7, 11) is -1.20. The minimum atomic E-state index is -4.95. The molecule has 0 rings (SSSR count). The van der Waals surface area contributed by atoms with Crippen molar-refractivity contribution in [1.82, 2.24) is 5.32 Å². The van der Waals surface area contributed by atoms with Gasteiger partial charge in [-0.3, -0.25) is 4.79 Å². The fourth-order valence-electron chi connectivity index (χ4n) is 1.20. The first-order valence-electron chi connectivity index (χ1n) is 5.50. The van der Waals surface area contributed by atoms with Crippen molar-refractivity contribution in [2.45, 2.75) is 50.9 Å². The van der Waals surface area contributed by atoms with Crippen molar-refractivity contribution in [2.75, 3.05) is 6.54 Å². The molecule has 0 aromatic heterocycles. The van der Waals surface area contributed by atoms with Crippen LogP contribution in [0.1, 0.15) is 12.8 Å². The van der Waals surface area contributed by atoms with Gasteiger partial charge in [-0.2, -0.15) is 13.2 Å². The summed E-state index contributed by atoms with van der Waals surface area (Å²) in [6, 6.07) is 0.978. The summed E-state index contributed by atoms with van der Waals surface area (Å²) in [5.41, 5.74) is 0. The maximum absolute atomic E-state index is 12.5. The molecule has 0 spiro atoms. The zero-order chi connectivity index (χ0) is 13.7. The highest BCUT2D eigenvalue weighted by atomic mass is 28.3. The Balaban J connectivity index is 3.75. The number of halogens is 4. The van der Waals surface area contributed by atoms with Crippen molar-refractivity contribution in [3.05, 3.63) is 0 Å². The Labute approximate surface area is 99.8 Å². The molecule has 1 atom stereocenters. The van der Waals surface area contributed by atoms with Crippen LogP contribution in [-0.2, 0) is 4.79 Å². The van der Waals surface area contributed by atoms with E-state index in [1.54, 1.807) is 0 Å². The molecule has 102 valence electrons. The minimum Gasteiger partial charge on any atom is -0.356 e. The second-order valence-corrected chi connectivity index (χ2v) is 10.8. The molecule has 1 N–H and O–H groups in total. The van der Waals surface area contributed by atoms with Crippen molar-refractivity contribution >= 4 is 14.0 Å². The highest BCUT2D eigenvalue weighted by Gasteiger charge is 2.41. The molecule has 7 heteroatoms. The van der Waals surface area contributed by atoms with Gasteiger partial charge < -0.3 is 5.32 Å². The van der Waals surface area contributed by atoms with E-state index in [1.165, 1.54) is 0 Å². The van der Waals surface area contributed by atoms with Gasteiger partial charge in [0, 0.05) is 14.6 Å². The fraction of sp³-hybridized carbons (Fsp3) is 0.900. The highest BCUT2D eigenvalue weighted by Crippen LogP contribution is 2.25. The van der Waals surface area contributed by atoms with Crippen LogP contribution < -0.4 is 5.32 Å². The summed E-state index contributed by atoms with van der Waals surface area (Å²) in [4.78, 5) is 11.0. The van der Waals surface area contributed by atoms with Crippen LogP contribution in [0.5, 0.6) is 0 Å². The molecule has 0 aromatic carbocycles. The van der Waals surface area contributed by atoms with Crippen molar-refractivity contribution < 1.29 is 22.4 Å². The molecule has 1 unspecified atom stereocenters. The number of alkyl halides is 4. The van der Waals surface area contributed by atoms with Gasteiger partial charge in [0.1, 0.15) is 0 Å². The van der Waals surface area contributed by atoms with Crippen LogP contribution >= 0.6 is 0 Å². The Morgan fingerprint density at radius 1 is 1.29 bits per heavy atom. The first-order chi connectivity index (χ1) is 7.52. The Morgan fingerprint density at radius 2 is 1.82 bits per heavy atom. The summed E-state index contributed by atoms with van der Waals surface area (Å²) in [5, 5.41) is 2.30. The Kier molecular flexibility index (Phi) is 6.15. The molecule has 17 heavy (non-hydrogen) atoms. The van der Waals surface area contributed by atoms with Gasteiger partial charge in [-0.15, -0.1) is 0 Å². The van der Waals surface area contributed by atoms with E-state index in [4.69, 9.17) is 0 Å². The minimum absolute atomic E-state index is 0.313. The van der Waals surface area contributed by atoms with E-state index in [9.17, 15) is 22.4 Å². The number of rotatable bonds is 6. The third-order valence-electron chi connectivity index (χ3n) is 2.15. The first kappa shape index (κ1) is 16.4. The van der Waals surface area contributed by atoms with E-state index >= 15 is 0 Å². The largest absolute Gasteiger partial charge is 0.420 e. The van der Waals surface area contributed by atoms with Crippen molar-refractivity contribution in [1.29, 1.82) is 0 Å². The standard InChI is InChI=1S/C10H19F4NOSi/c1-17(2,3)6-4-5-15-9(16)7-8(11)10(12,13)14/h8H,4-7H2,1-3H3,(H,15,16). The molecular weight excluding hydrogens is 254 g/mol. The topological polar surface area (TPSA) is 29.1 Å². The Hall–Kier alpha value is -0.593. The molecule has 0 aliphatic heterocycles. The third-order valence-corrected chi connectivity index (χ3v) is 4.00. The quantitative estimate of drug-likeness (QED) is 0.449. The molecule has 0 aliphatic rings. The van der Waals surface area contributed by atoms with Gasteiger partial charge in [-0.05, 0) is 6.42 Å². The lowest BCUT2D eigenvalue weighted by Gasteiger charge is -2.16.